The molecule has 1 aliphatic rings. The highest BCUT2D eigenvalue weighted by molar-refractivity contribution is 7.90. The molecule has 2 aromatic carbocycles. The van der Waals surface area contributed by atoms with E-state index in [0.29, 0.717) is 13.2 Å². The standard InChI is InChI=1S/C21H27N3O4S/c1-16-8-10-19(11-9-16)29(26,27)23-21(25)22-17(2)20(18-6-4-3-5-7-18)24-12-14-28-15-13-24/h3-11,17,20H,12-15H2,1-2H3,(H2,22,23,25)/t17-,20-/m0/s1. The molecule has 2 aromatic rings. The number of benzene rings is 2. The molecule has 1 heterocycles. The highest BCUT2D eigenvalue weighted by Gasteiger charge is 2.29. The van der Waals surface area contributed by atoms with Crippen LogP contribution in [0.25, 0.3) is 0 Å². The summed E-state index contributed by atoms with van der Waals surface area (Å²) in [5, 5.41) is 2.80. The Morgan fingerprint density at radius 1 is 1.03 bits per heavy atom. The number of nitrogens with zero attached hydrogens (tertiary/aromatic N) is 1. The summed E-state index contributed by atoms with van der Waals surface area (Å²) in [4.78, 5) is 14.8. The molecule has 1 saturated heterocycles. The normalized spacial score (nSPS) is 17.3. The Labute approximate surface area is 172 Å². The molecule has 0 aromatic heterocycles. The Bertz CT molecular complexity index is 911. The Morgan fingerprint density at radius 2 is 1.66 bits per heavy atom. The van der Waals surface area contributed by atoms with Gasteiger partial charge in [0.15, 0.2) is 0 Å². The van der Waals surface area contributed by atoms with Crippen molar-refractivity contribution in [2.75, 3.05) is 26.3 Å². The molecule has 7 nitrogen and oxygen atoms in total. The van der Waals surface area contributed by atoms with E-state index in [1.807, 2.05) is 44.2 Å². The van der Waals surface area contributed by atoms with Crippen molar-refractivity contribution < 1.29 is 17.9 Å². The lowest BCUT2D eigenvalue weighted by Gasteiger charge is -2.38. The van der Waals surface area contributed by atoms with Crippen molar-refractivity contribution in [3.05, 3.63) is 65.7 Å². The molecule has 1 aliphatic heterocycles. The minimum Gasteiger partial charge on any atom is -0.379 e. The lowest BCUT2D eigenvalue weighted by Crippen LogP contribution is -2.51. The number of rotatable bonds is 6. The van der Waals surface area contributed by atoms with Gasteiger partial charge >= 0.3 is 6.03 Å². The van der Waals surface area contributed by atoms with Crippen LogP contribution in [-0.2, 0) is 14.8 Å². The lowest BCUT2D eigenvalue weighted by atomic mass is 9.98. The maximum absolute atomic E-state index is 12.5. The fourth-order valence-corrected chi connectivity index (χ4v) is 4.45. The van der Waals surface area contributed by atoms with E-state index < -0.39 is 16.1 Å². The number of amides is 2. The molecule has 0 saturated carbocycles. The zero-order valence-electron chi connectivity index (χ0n) is 16.7. The number of carbonyl (C=O) groups is 1. The zero-order valence-corrected chi connectivity index (χ0v) is 17.5. The van der Waals surface area contributed by atoms with E-state index in [1.54, 1.807) is 12.1 Å². The first kappa shape index (κ1) is 21.3. The van der Waals surface area contributed by atoms with Gasteiger partial charge < -0.3 is 10.1 Å². The van der Waals surface area contributed by atoms with Crippen LogP contribution in [0.5, 0.6) is 0 Å². The van der Waals surface area contributed by atoms with Crippen LogP contribution in [0.4, 0.5) is 4.79 Å². The first-order valence-electron chi connectivity index (χ1n) is 9.63. The number of hydrogen-bond acceptors (Lipinski definition) is 5. The van der Waals surface area contributed by atoms with E-state index in [9.17, 15) is 13.2 Å². The molecule has 8 heteroatoms. The molecule has 1 fully saturated rings. The van der Waals surface area contributed by atoms with Crippen molar-refractivity contribution in [2.45, 2.75) is 30.8 Å². The van der Waals surface area contributed by atoms with E-state index in [4.69, 9.17) is 4.74 Å². The molecule has 0 radical (unpaired) electrons. The summed E-state index contributed by atoms with van der Waals surface area (Å²) in [6, 6.07) is 15.1. The number of ether oxygens (including phenoxy) is 1. The minimum absolute atomic E-state index is 0.0543. The summed E-state index contributed by atoms with van der Waals surface area (Å²) < 4.78 is 32.5. The van der Waals surface area contributed by atoms with Crippen LogP contribution in [0.1, 0.15) is 24.1 Å². The van der Waals surface area contributed by atoms with Gasteiger partial charge in [0.25, 0.3) is 10.0 Å². The average Bonchev–Trinajstić information content (AvgIpc) is 2.69. The number of morpholine rings is 1. The third kappa shape index (κ3) is 5.56. The van der Waals surface area contributed by atoms with Crippen LogP contribution < -0.4 is 10.0 Å². The van der Waals surface area contributed by atoms with Crippen molar-refractivity contribution >= 4 is 16.1 Å². The second-order valence-corrected chi connectivity index (χ2v) is 8.87. The number of urea groups is 1. The quantitative estimate of drug-likeness (QED) is 0.754. The van der Waals surface area contributed by atoms with Crippen LogP contribution in [0, 0.1) is 6.92 Å². The number of hydrogen-bond donors (Lipinski definition) is 2. The monoisotopic (exact) mass is 417 g/mol. The topological polar surface area (TPSA) is 87.7 Å². The molecule has 0 aliphatic carbocycles. The van der Waals surface area contributed by atoms with Crippen molar-refractivity contribution in [1.82, 2.24) is 14.9 Å². The van der Waals surface area contributed by atoms with Gasteiger partial charge in [0, 0.05) is 19.1 Å². The Kier molecular flexibility index (Phi) is 6.89. The highest BCUT2D eigenvalue weighted by atomic mass is 32.2. The highest BCUT2D eigenvalue weighted by Crippen LogP contribution is 2.25. The van der Waals surface area contributed by atoms with Crippen molar-refractivity contribution in [2.24, 2.45) is 0 Å². The summed E-state index contributed by atoms with van der Waals surface area (Å²) in [6.07, 6.45) is 0. The second-order valence-electron chi connectivity index (χ2n) is 7.18. The fraction of sp³-hybridized carbons (Fsp3) is 0.381. The Balaban J connectivity index is 1.72. The summed E-state index contributed by atoms with van der Waals surface area (Å²) in [6.45, 7) is 6.50. The SMILES string of the molecule is Cc1ccc(S(=O)(=O)NC(=O)N[C@@H](C)[C@@H](c2ccccc2)N2CCOCC2)cc1. The zero-order chi connectivity index (χ0) is 20.9. The summed E-state index contributed by atoms with van der Waals surface area (Å²) in [5.74, 6) is 0. The fourth-order valence-electron chi connectivity index (χ4n) is 3.54. The van der Waals surface area contributed by atoms with E-state index >= 15 is 0 Å². The molecule has 0 spiro atoms. The molecule has 2 N–H and O–H groups in total. The predicted molar refractivity (Wildman–Crippen MR) is 111 cm³/mol. The predicted octanol–water partition coefficient (Wildman–Crippen LogP) is 2.44. The van der Waals surface area contributed by atoms with Crippen LogP contribution >= 0.6 is 0 Å². The van der Waals surface area contributed by atoms with Gasteiger partial charge in [-0.2, -0.15) is 0 Å². The van der Waals surface area contributed by atoms with E-state index in [0.717, 1.165) is 24.2 Å². The van der Waals surface area contributed by atoms with Gasteiger partial charge in [-0.1, -0.05) is 48.0 Å². The smallest absolute Gasteiger partial charge is 0.328 e. The van der Waals surface area contributed by atoms with Gasteiger partial charge in [0.1, 0.15) is 0 Å². The number of aryl methyl sites for hydroxylation is 1. The number of nitrogens with one attached hydrogen (secondary N) is 2. The molecular weight excluding hydrogens is 390 g/mol. The maximum atomic E-state index is 12.5. The van der Waals surface area contributed by atoms with Gasteiger partial charge in [-0.25, -0.2) is 17.9 Å². The lowest BCUT2D eigenvalue weighted by molar-refractivity contribution is 0.00967. The second kappa shape index (κ2) is 9.39. The Morgan fingerprint density at radius 3 is 2.28 bits per heavy atom. The molecular formula is C21H27N3O4S. The van der Waals surface area contributed by atoms with Gasteiger partial charge in [-0.05, 0) is 31.5 Å². The van der Waals surface area contributed by atoms with Crippen molar-refractivity contribution in [3.63, 3.8) is 0 Å². The molecule has 0 bridgehead atoms. The van der Waals surface area contributed by atoms with Crippen LogP contribution in [0.15, 0.2) is 59.5 Å². The van der Waals surface area contributed by atoms with Crippen LogP contribution in [0.2, 0.25) is 0 Å². The van der Waals surface area contributed by atoms with Crippen molar-refractivity contribution in [3.8, 4) is 0 Å². The van der Waals surface area contributed by atoms with Gasteiger partial charge in [0.2, 0.25) is 0 Å². The van der Waals surface area contributed by atoms with E-state index in [1.165, 1.54) is 12.1 Å². The maximum Gasteiger partial charge on any atom is 0.328 e. The van der Waals surface area contributed by atoms with Gasteiger partial charge in [0.05, 0.1) is 24.2 Å². The summed E-state index contributed by atoms with van der Waals surface area (Å²) in [7, 11) is -3.93. The molecule has 3 rings (SSSR count). The average molecular weight is 418 g/mol. The molecule has 2 atom stereocenters. The van der Waals surface area contributed by atoms with Gasteiger partial charge in [-0.15, -0.1) is 0 Å². The van der Waals surface area contributed by atoms with Crippen LogP contribution in [0.3, 0.4) is 0 Å². The van der Waals surface area contributed by atoms with Crippen molar-refractivity contribution in [1.29, 1.82) is 0 Å². The molecule has 156 valence electrons. The molecule has 0 unspecified atom stereocenters. The van der Waals surface area contributed by atoms with Crippen LogP contribution in [-0.4, -0.2) is 51.7 Å². The third-order valence-electron chi connectivity index (χ3n) is 4.97. The Hall–Kier alpha value is -2.42. The van der Waals surface area contributed by atoms with Gasteiger partial charge in [-0.3, -0.25) is 4.90 Å². The first-order valence-corrected chi connectivity index (χ1v) is 11.1. The summed E-state index contributed by atoms with van der Waals surface area (Å²) >= 11 is 0. The van der Waals surface area contributed by atoms with E-state index in [2.05, 4.69) is 14.9 Å². The minimum atomic E-state index is -3.93. The summed E-state index contributed by atoms with van der Waals surface area (Å²) in [5.41, 5.74) is 2.00. The third-order valence-corrected chi connectivity index (χ3v) is 6.32. The molecule has 29 heavy (non-hydrogen) atoms. The number of carbonyl (C=O) groups excluding carboxylic acids is 1. The molecule has 2 amide bonds. The number of sulfonamides is 1. The van der Waals surface area contributed by atoms with E-state index in [-0.39, 0.29) is 17.0 Å². The first-order chi connectivity index (χ1) is 13.9. The largest absolute Gasteiger partial charge is 0.379 e.